The van der Waals surface area contributed by atoms with Gasteiger partial charge in [-0.2, -0.15) is 16.8 Å². The number of benzene rings is 3. The van der Waals surface area contributed by atoms with Crippen LogP contribution in [-0.2, 0) is 20.2 Å². The first-order valence-electron chi connectivity index (χ1n) is 10.7. The van der Waals surface area contributed by atoms with Gasteiger partial charge in [0.25, 0.3) is 25.4 Å². The van der Waals surface area contributed by atoms with Crippen LogP contribution in [0.4, 0.5) is 0 Å². The highest BCUT2D eigenvalue weighted by Crippen LogP contribution is 2.31. The normalized spacial score (nSPS) is 12.1. The molecule has 0 unspecified atom stereocenters. The maximum Gasteiger partial charge on any atom is 0.340 e. The second-order valence-electron chi connectivity index (χ2n) is 7.90. The van der Waals surface area contributed by atoms with Gasteiger partial charge in [0.05, 0.1) is 40.0 Å². The van der Waals surface area contributed by atoms with Crippen molar-refractivity contribution in [3.8, 4) is 39.5 Å². The number of nitrogens with zero attached hydrogens (tertiary/aromatic N) is 5. The van der Waals surface area contributed by atoms with Gasteiger partial charge in [0, 0.05) is 10.9 Å². The van der Waals surface area contributed by atoms with Gasteiger partial charge >= 0.3 is 5.82 Å². The van der Waals surface area contributed by atoms with E-state index in [4.69, 9.17) is 9.47 Å². The Balaban J connectivity index is 1.79. The number of hydrogen-bond donors (Lipinski definition) is 3. The van der Waals surface area contributed by atoms with E-state index in [-0.39, 0.29) is 28.0 Å². The zero-order chi connectivity index (χ0) is 28.1. The van der Waals surface area contributed by atoms with Crippen LogP contribution in [0.2, 0.25) is 0 Å². The number of phenols is 1. The van der Waals surface area contributed by atoms with E-state index >= 15 is 0 Å². The molecule has 0 aliphatic heterocycles. The second kappa shape index (κ2) is 9.54. The number of aromatic nitrogens is 5. The fourth-order valence-electron chi connectivity index (χ4n) is 3.63. The molecule has 0 radical (unpaired) electrons. The SMILES string of the molecule is COc1ccc2nc(-n3nc(-c4ccc(O)c(S(=O)(=O)O)c4)n[n+]3-c3cc(S(=O)(=O)O)ccc3OC)sc2c1. The molecule has 0 amide bonds. The number of thiazole rings is 1. The van der Waals surface area contributed by atoms with E-state index in [2.05, 4.69) is 15.2 Å². The first-order valence-corrected chi connectivity index (χ1v) is 14.4. The van der Waals surface area contributed by atoms with Crippen molar-refractivity contribution in [1.82, 2.24) is 20.0 Å². The molecule has 0 saturated heterocycles. The van der Waals surface area contributed by atoms with E-state index in [1.54, 1.807) is 18.2 Å². The molecule has 39 heavy (non-hydrogen) atoms. The molecule has 3 N–H and O–H groups in total. The Morgan fingerprint density at radius 3 is 2.36 bits per heavy atom. The zero-order valence-corrected chi connectivity index (χ0v) is 22.4. The largest absolute Gasteiger partial charge is 0.506 e. The van der Waals surface area contributed by atoms with Gasteiger partial charge in [-0.05, 0) is 58.4 Å². The number of rotatable bonds is 7. The molecule has 0 spiro atoms. The lowest BCUT2D eigenvalue weighted by molar-refractivity contribution is -0.734. The van der Waals surface area contributed by atoms with Crippen LogP contribution in [-0.4, -0.2) is 65.2 Å². The molecule has 202 valence electrons. The van der Waals surface area contributed by atoms with E-state index in [9.17, 15) is 31.0 Å². The van der Waals surface area contributed by atoms with E-state index in [0.717, 1.165) is 33.8 Å². The van der Waals surface area contributed by atoms with Crippen LogP contribution in [0.1, 0.15) is 0 Å². The van der Waals surface area contributed by atoms with E-state index < -0.39 is 35.8 Å². The topological polar surface area (TPSA) is 195 Å². The van der Waals surface area contributed by atoms with Crippen LogP contribution < -0.4 is 14.3 Å². The molecule has 5 aromatic rings. The minimum Gasteiger partial charge on any atom is -0.506 e. The maximum absolute atomic E-state index is 11.9. The Hall–Kier alpha value is -4.16. The molecule has 0 aliphatic rings. The summed E-state index contributed by atoms with van der Waals surface area (Å²) < 4.78 is 77.7. The molecule has 2 heterocycles. The first-order chi connectivity index (χ1) is 18.4. The standard InChI is InChI=1S/C22H17N5O9S3/c1-35-13-4-6-15-19(10-13)37-22(23-15)27-25-21(12-3-7-17(28)20(9-12)39(32,33)34)24-26(27)16-11-14(38(29,30)31)5-8-18(16)36-2/h3-11H,1-2H3,(H2-,24,25,28,29,30,31,32,33,34)/p+1. The average molecular weight is 593 g/mol. The summed E-state index contributed by atoms with van der Waals surface area (Å²) in [6, 6.07) is 12.1. The number of aromatic hydroxyl groups is 1. The summed E-state index contributed by atoms with van der Waals surface area (Å²) in [6.45, 7) is 0. The van der Waals surface area contributed by atoms with Gasteiger partial charge in [0.1, 0.15) is 16.4 Å². The zero-order valence-electron chi connectivity index (χ0n) is 19.9. The van der Waals surface area contributed by atoms with Crippen molar-refractivity contribution in [2.75, 3.05) is 14.2 Å². The predicted molar refractivity (Wildman–Crippen MR) is 136 cm³/mol. The highest BCUT2D eigenvalue weighted by atomic mass is 32.2. The molecule has 14 nitrogen and oxygen atoms in total. The van der Waals surface area contributed by atoms with Gasteiger partial charge in [-0.1, -0.05) is 11.3 Å². The third-order valence-corrected chi connectivity index (χ3v) is 8.19. The number of hydrogen-bond acceptors (Lipinski definition) is 11. The molecule has 0 aliphatic carbocycles. The van der Waals surface area contributed by atoms with E-state index in [1.165, 1.54) is 42.5 Å². The molecule has 17 heteroatoms. The second-order valence-corrected chi connectivity index (χ2v) is 11.7. The van der Waals surface area contributed by atoms with Gasteiger partial charge in [-0.3, -0.25) is 9.11 Å². The van der Waals surface area contributed by atoms with Crippen LogP contribution in [0.5, 0.6) is 17.2 Å². The fraction of sp³-hybridized carbons (Fsp3) is 0.0909. The average Bonchev–Trinajstić information content (AvgIpc) is 3.51. The molecular formula is C22H18N5O9S3+. The lowest BCUT2D eigenvalue weighted by Crippen LogP contribution is -2.43. The minimum absolute atomic E-state index is 0.0389. The summed E-state index contributed by atoms with van der Waals surface area (Å²) in [5, 5.41) is 19.1. The van der Waals surface area contributed by atoms with Crippen LogP contribution >= 0.6 is 11.3 Å². The Kier molecular flexibility index (Phi) is 6.47. The lowest BCUT2D eigenvalue weighted by atomic mass is 10.2. The third kappa shape index (κ3) is 5.00. The third-order valence-electron chi connectivity index (χ3n) is 5.47. The Bertz CT molecular complexity index is 1970. The highest BCUT2D eigenvalue weighted by Gasteiger charge is 2.30. The summed E-state index contributed by atoms with van der Waals surface area (Å²) in [4.78, 5) is 5.73. The van der Waals surface area contributed by atoms with Crippen LogP contribution in [0.3, 0.4) is 0 Å². The number of ether oxygens (including phenoxy) is 2. The summed E-state index contributed by atoms with van der Waals surface area (Å²) in [5.74, 6) is -0.0267. The monoisotopic (exact) mass is 592 g/mol. The van der Waals surface area contributed by atoms with Crippen molar-refractivity contribution in [1.29, 1.82) is 0 Å². The summed E-state index contributed by atoms with van der Waals surface area (Å²) >= 11 is 1.19. The Morgan fingerprint density at radius 2 is 1.69 bits per heavy atom. The molecule has 0 bridgehead atoms. The number of tetrazole rings is 1. The van der Waals surface area contributed by atoms with Gasteiger partial charge in [0.2, 0.25) is 5.69 Å². The van der Waals surface area contributed by atoms with Crippen molar-refractivity contribution in [2.45, 2.75) is 9.79 Å². The molecule has 0 atom stereocenters. The van der Waals surface area contributed by atoms with Crippen LogP contribution in [0.25, 0.3) is 32.4 Å². The van der Waals surface area contributed by atoms with Crippen molar-refractivity contribution in [2.24, 2.45) is 0 Å². The molecule has 3 aromatic carbocycles. The molecule has 2 aromatic heterocycles. The van der Waals surface area contributed by atoms with Gasteiger partial charge in [-0.25, -0.2) is 4.98 Å². The Morgan fingerprint density at radius 1 is 0.923 bits per heavy atom. The van der Waals surface area contributed by atoms with Crippen molar-refractivity contribution in [3.05, 3.63) is 54.6 Å². The molecular weight excluding hydrogens is 574 g/mol. The van der Waals surface area contributed by atoms with Crippen LogP contribution in [0, 0.1) is 0 Å². The number of methoxy groups -OCH3 is 2. The molecule has 0 saturated carbocycles. The summed E-state index contributed by atoms with van der Waals surface area (Å²) in [7, 11) is -6.53. The minimum atomic E-state index is -4.78. The smallest absolute Gasteiger partial charge is 0.340 e. The first kappa shape index (κ1) is 26.4. The summed E-state index contributed by atoms with van der Waals surface area (Å²) in [6.07, 6.45) is 0. The Labute approximate surface area is 224 Å². The van der Waals surface area contributed by atoms with E-state index in [0.29, 0.717) is 11.3 Å². The van der Waals surface area contributed by atoms with Gasteiger partial charge < -0.3 is 14.6 Å². The number of phenolic OH excluding ortho intramolecular Hbond substituents is 1. The van der Waals surface area contributed by atoms with Crippen molar-refractivity contribution < 1.29 is 45.3 Å². The molecule has 5 rings (SSSR count). The highest BCUT2D eigenvalue weighted by molar-refractivity contribution is 7.86. The van der Waals surface area contributed by atoms with Gasteiger partial charge in [0.15, 0.2) is 5.75 Å². The summed E-state index contributed by atoms with van der Waals surface area (Å²) in [5.41, 5.74) is 0.717. The quantitative estimate of drug-likeness (QED) is 0.184. The lowest BCUT2D eigenvalue weighted by Gasteiger charge is -2.06. The van der Waals surface area contributed by atoms with Gasteiger partial charge in [-0.15, -0.1) is 0 Å². The van der Waals surface area contributed by atoms with E-state index in [1.807, 2.05) is 0 Å². The maximum atomic E-state index is 11.9. The van der Waals surface area contributed by atoms with Crippen molar-refractivity contribution in [3.63, 3.8) is 0 Å². The predicted octanol–water partition coefficient (Wildman–Crippen LogP) is 2.04. The van der Waals surface area contributed by atoms with Crippen molar-refractivity contribution >= 4 is 41.8 Å². The molecule has 0 fully saturated rings. The number of fused-ring (bicyclic) bond motifs is 1. The van der Waals surface area contributed by atoms with Crippen LogP contribution in [0.15, 0.2) is 64.4 Å². The fourth-order valence-corrected chi connectivity index (χ4v) is 5.67.